The fourth-order valence-electron chi connectivity index (χ4n) is 2.12. The van der Waals surface area contributed by atoms with Crippen LogP contribution in [0.1, 0.15) is 19.4 Å². The summed E-state index contributed by atoms with van der Waals surface area (Å²) < 4.78 is 0. The zero-order valence-electron chi connectivity index (χ0n) is 10.7. The van der Waals surface area contributed by atoms with E-state index in [4.69, 9.17) is 0 Å². The van der Waals surface area contributed by atoms with Gasteiger partial charge in [-0.3, -0.25) is 9.69 Å². The maximum absolute atomic E-state index is 12.2. The van der Waals surface area contributed by atoms with Crippen LogP contribution in [0.4, 0.5) is 4.79 Å². The average Bonchev–Trinajstić information content (AvgIpc) is 2.35. The van der Waals surface area contributed by atoms with Gasteiger partial charge in [-0.1, -0.05) is 44.2 Å². The Labute approximate surface area is 107 Å². The molecule has 0 bridgehead atoms. The van der Waals surface area contributed by atoms with Crippen molar-refractivity contribution in [3.8, 4) is 0 Å². The van der Waals surface area contributed by atoms with Gasteiger partial charge in [0.25, 0.3) is 0 Å². The number of carbonyl (C=O) groups is 2. The van der Waals surface area contributed by atoms with Gasteiger partial charge in [-0.15, -0.1) is 0 Å². The van der Waals surface area contributed by atoms with Gasteiger partial charge in [0.05, 0.1) is 12.5 Å². The van der Waals surface area contributed by atoms with Crippen LogP contribution >= 0.6 is 0 Å². The Bertz CT molecular complexity index is 442. The third kappa shape index (κ3) is 2.53. The summed E-state index contributed by atoms with van der Waals surface area (Å²) in [5, 5.41) is 2.78. The number of amides is 3. The molecule has 0 spiro atoms. The molecule has 1 N–H and O–H groups in total. The van der Waals surface area contributed by atoms with E-state index >= 15 is 0 Å². The summed E-state index contributed by atoms with van der Waals surface area (Å²) in [4.78, 5) is 25.3. The Hall–Kier alpha value is -1.84. The molecule has 4 nitrogen and oxygen atoms in total. The molecule has 1 aliphatic rings. The zero-order chi connectivity index (χ0) is 13.1. The number of rotatable bonds is 3. The molecule has 0 aromatic heterocycles. The standard InChI is InChI=1S/C14H18N2O2/c1-10(2)12-8-15-14(18)16(13(12)17)9-11-6-4-3-5-7-11/h3-7,10,12H,8-9H2,1-2H3,(H,15,18). The summed E-state index contributed by atoms with van der Waals surface area (Å²) in [7, 11) is 0. The molecule has 3 amide bonds. The lowest BCUT2D eigenvalue weighted by Gasteiger charge is -2.33. The third-order valence-corrected chi connectivity index (χ3v) is 3.29. The first-order valence-electron chi connectivity index (χ1n) is 6.22. The number of benzene rings is 1. The highest BCUT2D eigenvalue weighted by Crippen LogP contribution is 2.19. The van der Waals surface area contributed by atoms with Crippen LogP contribution in [0.15, 0.2) is 30.3 Å². The molecule has 2 rings (SSSR count). The maximum Gasteiger partial charge on any atom is 0.324 e. The Morgan fingerprint density at radius 1 is 1.28 bits per heavy atom. The molecule has 18 heavy (non-hydrogen) atoms. The molecule has 1 aliphatic heterocycles. The summed E-state index contributed by atoms with van der Waals surface area (Å²) in [6, 6.07) is 9.27. The third-order valence-electron chi connectivity index (χ3n) is 3.29. The van der Waals surface area contributed by atoms with E-state index < -0.39 is 0 Å². The second kappa shape index (κ2) is 5.21. The van der Waals surface area contributed by atoms with Crippen LogP contribution < -0.4 is 5.32 Å². The molecular formula is C14H18N2O2. The second-order valence-corrected chi connectivity index (χ2v) is 4.95. The second-order valence-electron chi connectivity index (χ2n) is 4.95. The minimum absolute atomic E-state index is 0.0717. The SMILES string of the molecule is CC(C)C1CNC(=O)N(Cc2ccccc2)C1=O. The van der Waals surface area contributed by atoms with Crippen molar-refractivity contribution >= 4 is 11.9 Å². The first-order valence-corrected chi connectivity index (χ1v) is 6.22. The van der Waals surface area contributed by atoms with Gasteiger partial charge in [0.2, 0.25) is 5.91 Å². The Morgan fingerprint density at radius 3 is 2.56 bits per heavy atom. The highest BCUT2D eigenvalue weighted by molar-refractivity contribution is 5.98. The number of urea groups is 1. The number of nitrogens with one attached hydrogen (secondary N) is 1. The van der Waals surface area contributed by atoms with Gasteiger partial charge in [-0.2, -0.15) is 0 Å². The lowest BCUT2D eigenvalue weighted by Crippen LogP contribution is -2.55. The molecular weight excluding hydrogens is 228 g/mol. The van der Waals surface area contributed by atoms with Crippen LogP contribution in [0, 0.1) is 11.8 Å². The average molecular weight is 246 g/mol. The monoisotopic (exact) mass is 246 g/mol. The zero-order valence-corrected chi connectivity index (χ0v) is 10.7. The summed E-state index contributed by atoms with van der Waals surface area (Å²) in [5.74, 6) is 0.0420. The van der Waals surface area contributed by atoms with Crippen molar-refractivity contribution in [1.29, 1.82) is 0 Å². The largest absolute Gasteiger partial charge is 0.337 e. The lowest BCUT2D eigenvalue weighted by atomic mass is 9.93. The lowest BCUT2D eigenvalue weighted by molar-refractivity contribution is -0.135. The fraction of sp³-hybridized carbons (Fsp3) is 0.429. The van der Waals surface area contributed by atoms with Crippen molar-refractivity contribution < 1.29 is 9.59 Å². The molecule has 0 saturated carbocycles. The number of carbonyl (C=O) groups excluding carboxylic acids is 2. The Morgan fingerprint density at radius 2 is 1.94 bits per heavy atom. The minimum Gasteiger partial charge on any atom is -0.337 e. The predicted octanol–water partition coefficient (Wildman–Crippen LogP) is 2.01. The molecule has 1 heterocycles. The highest BCUT2D eigenvalue weighted by atomic mass is 16.2. The van der Waals surface area contributed by atoms with Gasteiger partial charge >= 0.3 is 6.03 Å². The van der Waals surface area contributed by atoms with Crippen molar-refractivity contribution in [2.24, 2.45) is 11.8 Å². The molecule has 96 valence electrons. The summed E-state index contributed by atoms with van der Waals surface area (Å²) in [6.07, 6.45) is 0. The van der Waals surface area contributed by atoms with Gasteiger partial charge in [-0.25, -0.2) is 4.79 Å². The van der Waals surface area contributed by atoms with E-state index in [9.17, 15) is 9.59 Å². The predicted molar refractivity (Wildman–Crippen MR) is 68.7 cm³/mol. The van der Waals surface area contributed by atoms with Crippen LogP contribution in [-0.2, 0) is 11.3 Å². The van der Waals surface area contributed by atoms with Crippen molar-refractivity contribution in [1.82, 2.24) is 10.2 Å². The molecule has 1 atom stereocenters. The summed E-state index contributed by atoms with van der Waals surface area (Å²) in [5.41, 5.74) is 0.963. The van der Waals surface area contributed by atoms with Gasteiger partial charge < -0.3 is 5.32 Å². The van der Waals surface area contributed by atoms with Gasteiger partial charge in [0.15, 0.2) is 0 Å². The van der Waals surface area contributed by atoms with E-state index in [1.165, 1.54) is 4.90 Å². The molecule has 1 unspecified atom stereocenters. The van der Waals surface area contributed by atoms with Crippen LogP contribution in [0.5, 0.6) is 0 Å². The fourth-order valence-corrected chi connectivity index (χ4v) is 2.12. The van der Waals surface area contributed by atoms with E-state index in [1.807, 2.05) is 44.2 Å². The molecule has 1 fully saturated rings. The normalized spacial score (nSPS) is 20.2. The first kappa shape index (κ1) is 12.6. The van der Waals surface area contributed by atoms with Crippen molar-refractivity contribution in [3.63, 3.8) is 0 Å². The smallest absolute Gasteiger partial charge is 0.324 e. The van der Waals surface area contributed by atoms with Gasteiger partial charge in [0.1, 0.15) is 0 Å². The quantitative estimate of drug-likeness (QED) is 0.887. The number of imide groups is 1. The maximum atomic E-state index is 12.2. The molecule has 0 radical (unpaired) electrons. The Kier molecular flexibility index (Phi) is 3.65. The highest BCUT2D eigenvalue weighted by Gasteiger charge is 2.35. The summed E-state index contributed by atoms with van der Waals surface area (Å²) in [6.45, 7) is 4.79. The van der Waals surface area contributed by atoms with Crippen LogP contribution in [0.2, 0.25) is 0 Å². The number of nitrogens with zero attached hydrogens (tertiary/aromatic N) is 1. The van der Waals surface area contributed by atoms with Crippen LogP contribution in [-0.4, -0.2) is 23.4 Å². The van der Waals surface area contributed by atoms with Crippen molar-refractivity contribution in [2.75, 3.05) is 6.54 Å². The van der Waals surface area contributed by atoms with Crippen molar-refractivity contribution in [3.05, 3.63) is 35.9 Å². The van der Waals surface area contributed by atoms with Gasteiger partial charge in [0, 0.05) is 6.54 Å². The molecule has 1 aromatic carbocycles. The Balaban J connectivity index is 2.14. The van der Waals surface area contributed by atoms with Crippen LogP contribution in [0.25, 0.3) is 0 Å². The van der Waals surface area contributed by atoms with Crippen LogP contribution in [0.3, 0.4) is 0 Å². The summed E-state index contributed by atoms with van der Waals surface area (Å²) >= 11 is 0. The number of hydrogen-bond acceptors (Lipinski definition) is 2. The molecule has 4 heteroatoms. The topological polar surface area (TPSA) is 49.4 Å². The van der Waals surface area contributed by atoms with Crippen molar-refractivity contribution in [2.45, 2.75) is 20.4 Å². The van der Waals surface area contributed by atoms with Gasteiger partial charge in [-0.05, 0) is 11.5 Å². The molecule has 0 aliphatic carbocycles. The van der Waals surface area contributed by atoms with E-state index in [-0.39, 0.29) is 23.8 Å². The first-order chi connectivity index (χ1) is 8.59. The van der Waals surface area contributed by atoms with E-state index in [2.05, 4.69) is 5.32 Å². The van der Waals surface area contributed by atoms with E-state index in [0.29, 0.717) is 13.1 Å². The molecule has 1 aromatic rings. The minimum atomic E-state index is -0.291. The van der Waals surface area contributed by atoms with E-state index in [0.717, 1.165) is 5.56 Å². The van der Waals surface area contributed by atoms with E-state index in [1.54, 1.807) is 0 Å². The number of hydrogen-bond donors (Lipinski definition) is 1. The molecule has 1 saturated heterocycles.